The molecule has 0 aliphatic rings. The molecule has 0 heterocycles. The largest absolute Gasteiger partial charge is 0.490 e. The summed E-state index contributed by atoms with van der Waals surface area (Å²) < 4.78 is 11.2. The Bertz CT molecular complexity index is 422. The van der Waals surface area contributed by atoms with E-state index in [1.807, 2.05) is 32.0 Å². The van der Waals surface area contributed by atoms with Crippen molar-refractivity contribution in [1.29, 1.82) is 0 Å². The number of rotatable bonds is 8. The van der Waals surface area contributed by atoms with Gasteiger partial charge < -0.3 is 15.2 Å². The van der Waals surface area contributed by atoms with Crippen LogP contribution in [0.2, 0.25) is 0 Å². The van der Waals surface area contributed by atoms with E-state index in [1.54, 1.807) is 11.8 Å². The van der Waals surface area contributed by atoms with E-state index in [4.69, 9.17) is 27.4 Å². The number of hydrogen-bond donors (Lipinski definition) is 1. The number of thioether (sulfide) groups is 1. The van der Waals surface area contributed by atoms with Gasteiger partial charge in [-0.15, -0.1) is 11.8 Å². The summed E-state index contributed by atoms with van der Waals surface area (Å²) in [6.45, 7) is 7.14. The Labute approximate surface area is 124 Å². The van der Waals surface area contributed by atoms with Crippen LogP contribution in [-0.2, 0) is 4.74 Å². The van der Waals surface area contributed by atoms with Crippen LogP contribution in [-0.4, -0.2) is 30.1 Å². The number of nitrogens with two attached hydrogens (primary N) is 1. The van der Waals surface area contributed by atoms with Crippen LogP contribution in [0.15, 0.2) is 23.1 Å². The zero-order valence-electron chi connectivity index (χ0n) is 11.6. The first-order valence-corrected chi connectivity index (χ1v) is 7.75. The van der Waals surface area contributed by atoms with Gasteiger partial charge in [0.2, 0.25) is 0 Å². The van der Waals surface area contributed by atoms with Crippen molar-refractivity contribution >= 4 is 29.0 Å². The van der Waals surface area contributed by atoms with E-state index < -0.39 is 0 Å². The molecule has 106 valence electrons. The minimum Gasteiger partial charge on any atom is -0.490 e. The molecule has 1 rings (SSSR count). The Morgan fingerprint density at radius 1 is 1.37 bits per heavy atom. The molecule has 2 N–H and O–H groups in total. The van der Waals surface area contributed by atoms with Gasteiger partial charge in [-0.3, -0.25) is 0 Å². The molecule has 5 heteroatoms. The van der Waals surface area contributed by atoms with Crippen LogP contribution in [0.5, 0.6) is 5.75 Å². The molecular formula is C14H21NO2S2. The minimum atomic E-state index is 0.209. The average molecular weight is 299 g/mol. The number of benzene rings is 1. The third-order valence-corrected chi connectivity index (χ3v) is 3.47. The van der Waals surface area contributed by atoms with Crippen LogP contribution < -0.4 is 10.5 Å². The van der Waals surface area contributed by atoms with E-state index in [2.05, 4.69) is 6.92 Å². The van der Waals surface area contributed by atoms with Crippen molar-refractivity contribution in [2.24, 2.45) is 5.73 Å². The molecule has 0 bridgehead atoms. The summed E-state index contributed by atoms with van der Waals surface area (Å²) >= 11 is 6.83. The zero-order valence-corrected chi connectivity index (χ0v) is 13.3. The highest BCUT2D eigenvalue weighted by molar-refractivity contribution is 7.99. The third-order valence-electron chi connectivity index (χ3n) is 2.33. The van der Waals surface area contributed by atoms with Crippen molar-refractivity contribution in [2.45, 2.75) is 31.8 Å². The minimum absolute atomic E-state index is 0.209. The van der Waals surface area contributed by atoms with E-state index in [-0.39, 0.29) is 6.10 Å². The lowest BCUT2D eigenvalue weighted by atomic mass is 10.2. The Balaban J connectivity index is 2.76. The lowest BCUT2D eigenvalue weighted by Gasteiger charge is -2.14. The fourth-order valence-electron chi connectivity index (χ4n) is 1.59. The fraction of sp³-hybridized carbons (Fsp3) is 0.500. The Hall–Kier alpha value is -0.780. The lowest BCUT2D eigenvalue weighted by molar-refractivity contribution is 0.0552. The van der Waals surface area contributed by atoms with E-state index in [9.17, 15) is 0 Å². The topological polar surface area (TPSA) is 44.5 Å². The fourth-order valence-corrected chi connectivity index (χ4v) is 2.70. The smallest absolute Gasteiger partial charge is 0.130 e. The predicted octanol–water partition coefficient (Wildman–Crippen LogP) is 3.24. The van der Waals surface area contributed by atoms with Gasteiger partial charge >= 0.3 is 0 Å². The van der Waals surface area contributed by atoms with E-state index in [1.165, 1.54) is 0 Å². The van der Waals surface area contributed by atoms with Gasteiger partial charge in [-0.05, 0) is 31.7 Å². The van der Waals surface area contributed by atoms with Crippen LogP contribution in [0.4, 0.5) is 0 Å². The molecule has 0 aliphatic carbocycles. The molecule has 0 saturated heterocycles. The molecule has 0 atom stereocenters. The molecule has 0 fully saturated rings. The molecule has 0 aromatic heterocycles. The SMILES string of the molecule is CCSc1cccc(OCCOC(C)C)c1C(N)=S. The van der Waals surface area contributed by atoms with Gasteiger partial charge in [-0.2, -0.15) is 0 Å². The summed E-state index contributed by atoms with van der Waals surface area (Å²) in [6, 6.07) is 5.86. The maximum absolute atomic E-state index is 5.80. The second-order valence-electron chi connectivity index (χ2n) is 4.19. The van der Waals surface area contributed by atoms with Gasteiger partial charge in [0.15, 0.2) is 0 Å². The van der Waals surface area contributed by atoms with Gasteiger partial charge in [-0.1, -0.05) is 25.2 Å². The highest BCUT2D eigenvalue weighted by Gasteiger charge is 2.12. The van der Waals surface area contributed by atoms with Crippen molar-refractivity contribution in [3.63, 3.8) is 0 Å². The van der Waals surface area contributed by atoms with Gasteiger partial charge in [0, 0.05) is 4.90 Å². The van der Waals surface area contributed by atoms with Crippen molar-refractivity contribution < 1.29 is 9.47 Å². The Morgan fingerprint density at radius 2 is 2.11 bits per heavy atom. The van der Waals surface area contributed by atoms with Gasteiger partial charge in [0.25, 0.3) is 0 Å². The third kappa shape index (κ3) is 5.38. The molecule has 0 spiro atoms. The molecule has 1 aromatic carbocycles. The first-order chi connectivity index (χ1) is 9.06. The summed E-state index contributed by atoms with van der Waals surface area (Å²) in [6.07, 6.45) is 0.209. The summed E-state index contributed by atoms with van der Waals surface area (Å²) in [4.78, 5) is 1.44. The Kier molecular flexibility index (Phi) is 7.20. The number of hydrogen-bond acceptors (Lipinski definition) is 4. The van der Waals surface area contributed by atoms with E-state index >= 15 is 0 Å². The predicted molar refractivity (Wildman–Crippen MR) is 85.3 cm³/mol. The maximum atomic E-state index is 5.80. The second-order valence-corrected chi connectivity index (χ2v) is 5.94. The summed E-state index contributed by atoms with van der Waals surface area (Å²) in [5.41, 5.74) is 6.63. The molecule has 0 amide bonds. The van der Waals surface area contributed by atoms with Crippen LogP contribution in [0.25, 0.3) is 0 Å². The van der Waals surface area contributed by atoms with Crippen LogP contribution >= 0.6 is 24.0 Å². The van der Waals surface area contributed by atoms with E-state index in [0.717, 1.165) is 22.0 Å². The van der Waals surface area contributed by atoms with Crippen LogP contribution in [0, 0.1) is 0 Å². The van der Waals surface area contributed by atoms with E-state index in [0.29, 0.717) is 18.2 Å². The van der Waals surface area contributed by atoms with Crippen molar-refractivity contribution in [1.82, 2.24) is 0 Å². The van der Waals surface area contributed by atoms with Gasteiger partial charge in [0.05, 0.1) is 18.3 Å². The highest BCUT2D eigenvalue weighted by Crippen LogP contribution is 2.30. The Morgan fingerprint density at radius 3 is 2.68 bits per heavy atom. The van der Waals surface area contributed by atoms with Crippen LogP contribution in [0.1, 0.15) is 26.3 Å². The zero-order chi connectivity index (χ0) is 14.3. The quantitative estimate of drug-likeness (QED) is 0.453. The second kappa shape index (κ2) is 8.40. The summed E-state index contributed by atoms with van der Waals surface area (Å²) in [7, 11) is 0. The molecule has 3 nitrogen and oxygen atoms in total. The maximum Gasteiger partial charge on any atom is 0.130 e. The normalized spacial score (nSPS) is 10.7. The van der Waals surface area contributed by atoms with Crippen LogP contribution in [0.3, 0.4) is 0 Å². The van der Waals surface area contributed by atoms with Crippen molar-refractivity contribution in [3.8, 4) is 5.75 Å². The number of thiocarbonyl (C=S) groups is 1. The molecule has 0 radical (unpaired) electrons. The lowest BCUT2D eigenvalue weighted by Crippen LogP contribution is -2.16. The highest BCUT2D eigenvalue weighted by atomic mass is 32.2. The molecule has 1 aromatic rings. The average Bonchev–Trinajstić information content (AvgIpc) is 2.34. The molecule has 0 aliphatic heterocycles. The number of ether oxygens (including phenoxy) is 2. The standard InChI is InChI=1S/C14H21NO2S2/c1-4-19-12-7-5-6-11(13(12)14(15)18)17-9-8-16-10(2)3/h5-7,10H,4,8-9H2,1-3H3,(H2,15,18). The monoisotopic (exact) mass is 299 g/mol. The molecule has 0 unspecified atom stereocenters. The van der Waals surface area contributed by atoms with Crippen molar-refractivity contribution in [2.75, 3.05) is 19.0 Å². The molecule has 0 saturated carbocycles. The first kappa shape index (κ1) is 16.3. The summed E-state index contributed by atoms with van der Waals surface area (Å²) in [5.74, 6) is 1.70. The molecule has 19 heavy (non-hydrogen) atoms. The first-order valence-electron chi connectivity index (χ1n) is 6.36. The molecular weight excluding hydrogens is 278 g/mol. The van der Waals surface area contributed by atoms with Gasteiger partial charge in [-0.25, -0.2) is 0 Å². The van der Waals surface area contributed by atoms with Crippen molar-refractivity contribution in [3.05, 3.63) is 23.8 Å². The van der Waals surface area contributed by atoms with Gasteiger partial charge in [0.1, 0.15) is 17.3 Å². The summed E-state index contributed by atoms with van der Waals surface area (Å²) in [5, 5.41) is 0.